The lowest BCUT2D eigenvalue weighted by Crippen LogP contribution is -2.60. The zero-order chi connectivity index (χ0) is 45.0. The predicted molar refractivity (Wildman–Crippen MR) is 210 cm³/mol. The maximum atomic E-state index is 13.9. The fourth-order valence-electron chi connectivity index (χ4n) is 6.80. The number of carboxylic acids is 1. The van der Waals surface area contributed by atoms with Gasteiger partial charge in [0.15, 0.2) is 0 Å². The van der Waals surface area contributed by atoms with Crippen LogP contribution in [-0.2, 0) is 49.6 Å². The number of carboxylic acid groups (broad SMARTS) is 1. The van der Waals surface area contributed by atoms with Gasteiger partial charge < -0.3 is 67.7 Å². The number of likely N-dealkylation sites (tertiary alicyclic amines) is 2. The van der Waals surface area contributed by atoms with Crippen molar-refractivity contribution in [2.24, 2.45) is 11.7 Å². The molecule has 0 aliphatic carbocycles. The van der Waals surface area contributed by atoms with Gasteiger partial charge in [0, 0.05) is 31.4 Å². The van der Waals surface area contributed by atoms with E-state index < -0.39 is 126 Å². The van der Waals surface area contributed by atoms with E-state index in [4.69, 9.17) is 5.73 Å². The monoisotopic (exact) mass is 849 g/mol. The molecule has 23 nitrogen and oxygen atoms in total. The fourth-order valence-corrected chi connectivity index (χ4v) is 6.80. The predicted octanol–water partition coefficient (Wildman–Crippen LogP) is -4.66. The molecule has 2 aliphatic rings. The highest BCUT2D eigenvalue weighted by Gasteiger charge is 2.44. The largest absolute Gasteiger partial charge is 0.480 e. The van der Waals surface area contributed by atoms with E-state index in [9.17, 15) is 58.5 Å². The Morgan fingerprint density at radius 1 is 0.767 bits per heavy atom. The number of nitrogens with zero attached hydrogens (tertiary/aromatic N) is 3. The normalized spacial score (nSPS) is 20.4. The van der Waals surface area contributed by atoms with Crippen LogP contribution in [-0.4, -0.2) is 168 Å². The van der Waals surface area contributed by atoms with Crippen LogP contribution in [0.5, 0.6) is 0 Å². The molecule has 0 aromatic carbocycles. The Morgan fingerprint density at radius 2 is 1.40 bits per heavy atom. The zero-order valence-corrected chi connectivity index (χ0v) is 34.6. The molecule has 1 aromatic rings. The molecule has 0 bridgehead atoms. The van der Waals surface area contributed by atoms with E-state index in [0.29, 0.717) is 18.5 Å². The molecule has 12 N–H and O–H groups in total. The molecule has 60 heavy (non-hydrogen) atoms. The van der Waals surface area contributed by atoms with Crippen molar-refractivity contribution in [3.8, 4) is 0 Å². The van der Waals surface area contributed by atoms with Crippen molar-refractivity contribution in [2.75, 3.05) is 19.6 Å². The molecule has 0 unspecified atom stereocenters. The number of amides is 8. The molecule has 3 rings (SSSR count). The molecule has 0 spiro atoms. The van der Waals surface area contributed by atoms with Crippen LogP contribution in [0, 0.1) is 5.92 Å². The first-order chi connectivity index (χ1) is 28.1. The molecule has 2 saturated heterocycles. The third-order valence-corrected chi connectivity index (χ3v) is 10.3. The summed E-state index contributed by atoms with van der Waals surface area (Å²) in [6.07, 6.45) is 1.52. The third-order valence-electron chi connectivity index (χ3n) is 10.3. The molecular weight excluding hydrogens is 790 g/mol. The van der Waals surface area contributed by atoms with Crippen LogP contribution in [0.25, 0.3) is 0 Å². The summed E-state index contributed by atoms with van der Waals surface area (Å²) < 4.78 is 0. The Morgan fingerprint density at radius 3 is 1.97 bits per heavy atom. The number of carbonyl (C=O) groups is 9. The molecule has 0 radical (unpaired) electrons. The molecule has 10 atom stereocenters. The van der Waals surface area contributed by atoms with Gasteiger partial charge in [-0.05, 0) is 59.3 Å². The summed E-state index contributed by atoms with van der Waals surface area (Å²) in [5.41, 5.74) is 6.10. The lowest BCUT2D eigenvalue weighted by atomic mass is 10.0. The first-order valence-corrected chi connectivity index (χ1v) is 19.9. The van der Waals surface area contributed by atoms with Gasteiger partial charge in [-0.1, -0.05) is 13.8 Å². The number of hydrogen-bond donors (Lipinski definition) is 11. The van der Waals surface area contributed by atoms with E-state index in [0.717, 1.165) is 0 Å². The first kappa shape index (κ1) is 48.7. The summed E-state index contributed by atoms with van der Waals surface area (Å²) in [7, 11) is 0. The number of imidazole rings is 1. The number of nitrogens with one attached hydrogen (secondary N) is 7. The Labute approximate surface area is 346 Å². The van der Waals surface area contributed by atoms with Crippen molar-refractivity contribution in [1.29, 1.82) is 0 Å². The minimum atomic E-state index is -1.51. The number of aliphatic carboxylic acids is 1. The van der Waals surface area contributed by atoms with Gasteiger partial charge in [0.2, 0.25) is 47.3 Å². The molecule has 2 fully saturated rings. The molecule has 3 heterocycles. The van der Waals surface area contributed by atoms with Crippen molar-refractivity contribution in [2.45, 2.75) is 134 Å². The average molecular weight is 850 g/mol. The van der Waals surface area contributed by atoms with E-state index in [1.54, 1.807) is 13.8 Å². The van der Waals surface area contributed by atoms with Gasteiger partial charge in [-0.2, -0.15) is 0 Å². The maximum Gasteiger partial charge on any atom is 0.326 e. The maximum absolute atomic E-state index is 13.9. The molecule has 0 saturated carbocycles. The van der Waals surface area contributed by atoms with Crippen molar-refractivity contribution >= 4 is 53.2 Å². The van der Waals surface area contributed by atoms with Gasteiger partial charge in [0.1, 0.15) is 48.3 Å². The zero-order valence-electron chi connectivity index (χ0n) is 34.6. The summed E-state index contributed by atoms with van der Waals surface area (Å²) in [6, 6.07) is -9.68. The van der Waals surface area contributed by atoms with Gasteiger partial charge in [-0.15, -0.1) is 0 Å². The van der Waals surface area contributed by atoms with Crippen molar-refractivity contribution in [3.63, 3.8) is 0 Å². The molecule has 1 aromatic heterocycles. The number of rotatable bonds is 20. The van der Waals surface area contributed by atoms with Crippen molar-refractivity contribution in [3.05, 3.63) is 18.2 Å². The van der Waals surface area contributed by atoms with Gasteiger partial charge in [-0.3, -0.25) is 38.4 Å². The smallest absolute Gasteiger partial charge is 0.326 e. The Bertz CT molecular complexity index is 1720. The second-order valence-electron chi connectivity index (χ2n) is 15.5. The van der Waals surface area contributed by atoms with Gasteiger partial charge in [0.25, 0.3) is 0 Å². The van der Waals surface area contributed by atoms with Crippen LogP contribution in [0.1, 0.15) is 72.9 Å². The van der Waals surface area contributed by atoms with Crippen LogP contribution >= 0.6 is 0 Å². The SMILES string of the molecule is CC(C)[C@H](NC(=O)CNC(=O)[C@H](Cc1cnc[nH]1)NC(=O)[C@H](C)NC(=O)[C@@H]1CCCN1C(=O)[C@@H]1CCCN1C(=O)[C@H](C)NC(=O)[C@@H](NC(=O)[C@@H](N)[C@@H](C)O)[C@@H](C)O)C(=O)O. The highest BCUT2D eigenvalue weighted by Crippen LogP contribution is 2.26. The summed E-state index contributed by atoms with van der Waals surface area (Å²) in [6.45, 7) is 8.29. The van der Waals surface area contributed by atoms with E-state index in [1.807, 2.05) is 0 Å². The number of aliphatic hydroxyl groups excluding tert-OH is 2. The lowest BCUT2D eigenvalue weighted by Gasteiger charge is -2.33. The lowest BCUT2D eigenvalue weighted by molar-refractivity contribution is -0.148. The molecule has 334 valence electrons. The number of hydrogen-bond acceptors (Lipinski definition) is 13. The minimum absolute atomic E-state index is 0.0796. The number of carbonyl (C=O) groups excluding carboxylic acids is 8. The summed E-state index contributed by atoms with van der Waals surface area (Å²) in [5.74, 6) is -7.53. The molecule has 8 amide bonds. The molecule has 23 heteroatoms. The second kappa shape index (κ2) is 22.1. The van der Waals surface area contributed by atoms with Gasteiger partial charge in [0.05, 0.1) is 25.1 Å². The number of nitrogens with two attached hydrogens (primary N) is 1. The average Bonchev–Trinajstić information content (AvgIpc) is 3.99. The molecule has 2 aliphatic heterocycles. The number of aromatic amines is 1. The second-order valence-corrected chi connectivity index (χ2v) is 15.5. The van der Waals surface area contributed by atoms with Crippen LogP contribution in [0.3, 0.4) is 0 Å². The van der Waals surface area contributed by atoms with Crippen LogP contribution in [0.15, 0.2) is 12.5 Å². The Kier molecular flexibility index (Phi) is 17.9. The number of aliphatic hydroxyl groups is 2. The van der Waals surface area contributed by atoms with Crippen LogP contribution in [0.4, 0.5) is 0 Å². The quantitative estimate of drug-likeness (QED) is 0.0588. The van der Waals surface area contributed by atoms with Gasteiger partial charge >= 0.3 is 5.97 Å². The molecular formula is C37H59N11O12. The van der Waals surface area contributed by atoms with E-state index in [1.165, 1.54) is 50.0 Å². The van der Waals surface area contributed by atoms with Crippen molar-refractivity contribution in [1.82, 2.24) is 51.7 Å². The minimum Gasteiger partial charge on any atom is -0.480 e. The van der Waals surface area contributed by atoms with E-state index in [2.05, 4.69) is 41.9 Å². The topological polar surface area (TPSA) is 348 Å². The number of H-pyrrole nitrogens is 1. The van der Waals surface area contributed by atoms with Crippen LogP contribution < -0.4 is 37.6 Å². The fraction of sp³-hybridized carbons (Fsp3) is 0.676. The number of aromatic nitrogens is 2. The highest BCUT2D eigenvalue weighted by atomic mass is 16.4. The Balaban J connectivity index is 1.62. The van der Waals surface area contributed by atoms with Gasteiger partial charge in [-0.25, -0.2) is 9.78 Å². The first-order valence-electron chi connectivity index (χ1n) is 19.9. The van der Waals surface area contributed by atoms with Crippen LogP contribution in [0.2, 0.25) is 0 Å². The third kappa shape index (κ3) is 13.2. The summed E-state index contributed by atoms with van der Waals surface area (Å²) >= 11 is 0. The van der Waals surface area contributed by atoms with Crippen molar-refractivity contribution < 1.29 is 58.5 Å². The highest BCUT2D eigenvalue weighted by molar-refractivity contribution is 5.98. The van der Waals surface area contributed by atoms with E-state index in [-0.39, 0.29) is 32.4 Å². The summed E-state index contributed by atoms with van der Waals surface area (Å²) in [4.78, 5) is 126. The van der Waals surface area contributed by atoms with E-state index >= 15 is 0 Å². The standard InChI is InChI=1S/C37H59N11O12/c1-17(2)28(37(59)60)45-26(51)15-40-31(53)23(13-22-14-39-16-41-22)44-30(52)18(3)42-32(54)24-9-7-11-47(24)36(58)25-10-8-12-48(25)35(57)19(4)43-34(56)29(21(6)50)46-33(55)27(38)20(5)49/h14,16-21,23-25,27-29,49-50H,7-13,15,38H2,1-6H3,(H,39,41)(H,40,53)(H,42,54)(H,43,56)(H,44,52)(H,45,51)(H,46,55)(H,59,60)/t18-,19-,20+,21+,23-,24-,25-,27-,28-,29-/m0/s1. The summed E-state index contributed by atoms with van der Waals surface area (Å²) in [5, 5.41) is 43.8. The Hall–Kier alpha value is -5.68.